The molecule has 42 heavy (non-hydrogen) atoms. The van der Waals surface area contributed by atoms with E-state index >= 15 is 0 Å². The van der Waals surface area contributed by atoms with Crippen LogP contribution in [-0.2, 0) is 0 Å². The molecule has 0 atom stereocenters. The first-order valence-corrected chi connectivity index (χ1v) is 14.9. The minimum atomic E-state index is -0.268. The maximum absolute atomic E-state index is 13.2. The van der Waals surface area contributed by atoms with E-state index in [1.165, 1.54) is 6.33 Å². The number of anilines is 3. The molecule has 0 fully saturated rings. The lowest BCUT2D eigenvalue weighted by molar-refractivity contribution is 0.102. The van der Waals surface area contributed by atoms with E-state index in [4.69, 9.17) is 4.98 Å². The van der Waals surface area contributed by atoms with Crippen molar-refractivity contribution in [3.05, 3.63) is 113 Å². The summed E-state index contributed by atoms with van der Waals surface area (Å²) in [5.41, 5.74) is 5.06. The number of halogens is 1. The molecular formula is C32H26BrN7OS. The Balaban J connectivity index is 1.34. The SMILES string of the molecule is CC(C)c1ccc2c(Nc3cc(C(=O)Nc4ccc(Br)cn4)ccc3Sc3ccc(-c4cc[nH]c4)cc3)ncnc2n1. The van der Waals surface area contributed by atoms with E-state index in [9.17, 15) is 4.79 Å². The van der Waals surface area contributed by atoms with Gasteiger partial charge < -0.3 is 15.6 Å². The van der Waals surface area contributed by atoms with Crippen molar-refractivity contribution in [1.82, 2.24) is 24.9 Å². The van der Waals surface area contributed by atoms with E-state index in [0.717, 1.165) is 42.2 Å². The van der Waals surface area contributed by atoms with Gasteiger partial charge in [0.15, 0.2) is 5.65 Å². The van der Waals surface area contributed by atoms with Crippen molar-refractivity contribution in [2.75, 3.05) is 10.6 Å². The van der Waals surface area contributed by atoms with Crippen LogP contribution in [0.5, 0.6) is 0 Å². The van der Waals surface area contributed by atoms with Gasteiger partial charge >= 0.3 is 0 Å². The van der Waals surface area contributed by atoms with Gasteiger partial charge in [0.05, 0.1) is 11.1 Å². The third kappa shape index (κ3) is 6.19. The van der Waals surface area contributed by atoms with Gasteiger partial charge in [0.2, 0.25) is 0 Å². The molecule has 4 aromatic heterocycles. The average Bonchev–Trinajstić information content (AvgIpc) is 3.55. The van der Waals surface area contributed by atoms with Gasteiger partial charge in [-0.05, 0) is 93.6 Å². The summed E-state index contributed by atoms with van der Waals surface area (Å²) in [5, 5.41) is 7.13. The first kappa shape index (κ1) is 27.6. The largest absolute Gasteiger partial charge is 0.367 e. The van der Waals surface area contributed by atoms with Crippen LogP contribution in [0.4, 0.5) is 17.3 Å². The number of hydrogen-bond acceptors (Lipinski definition) is 7. The Labute approximate surface area is 255 Å². The van der Waals surface area contributed by atoms with E-state index in [0.29, 0.717) is 22.8 Å². The minimum Gasteiger partial charge on any atom is -0.367 e. The zero-order chi connectivity index (χ0) is 29.1. The Morgan fingerprint density at radius 2 is 1.79 bits per heavy atom. The highest BCUT2D eigenvalue weighted by molar-refractivity contribution is 9.10. The summed E-state index contributed by atoms with van der Waals surface area (Å²) >= 11 is 4.97. The molecule has 2 aromatic carbocycles. The molecule has 0 radical (unpaired) electrons. The van der Waals surface area contributed by atoms with Gasteiger partial charge in [-0.3, -0.25) is 4.79 Å². The molecule has 0 unspecified atom stereocenters. The molecule has 0 spiro atoms. The standard InChI is InChI=1S/C32H26BrN7OS/c1-19(2)26-10-9-25-30(38-26)36-18-37-31(25)39-27-15-21(32(41)40-29-12-6-23(33)17-35-29)5-11-28(27)42-24-7-3-20(4-8-24)22-13-14-34-16-22/h3-19,34H,1-2H3,(H,35,40,41)(H,36,37,38,39). The summed E-state index contributed by atoms with van der Waals surface area (Å²) in [5.74, 6) is 1.09. The van der Waals surface area contributed by atoms with Crippen molar-refractivity contribution in [1.29, 1.82) is 0 Å². The second-order valence-corrected chi connectivity index (χ2v) is 11.9. The van der Waals surface area contributed by atoms with E-state index in [-0.39, 0.29) is 11.8 Å². The lowest BCUT2D eigenvalue weighted by atomic mass is 10.1. The number of aromatic nitrogens is 5. The van der Waals surface area contributed by atoms with Crippen molar-refractivity contribution in [3.8, 4) is 11.1 Å². The number of amides is 1. The van der Waals surface area contributed by atoms with Crippen molar-refractivity contribution in [2.24, 2.45) is 0 Å². The summed E-state index contributed by atoms with van der Waals surface area (Å²) in [6, 6.07) is 23.6. The number of carbonyl (C=O) groups excluding carboxylic acids is 1. The number of pyridine rings is 2. The molecule has 10 heteroatoms. The van der Waals surface area contributed by atoms with Gasteiger partial charge in [0.1, 0.15) is 18.0 Å². The predicted octanol–water partition coefficient (Wildman–Crippen LogP) is 8.45. The molecule has 1 amide bonds. The van der Waals surface area contributed by atoms with Crippen molar-refractivity contribution in [2.45, 2.75) is 29.6 Å². The highest BCUT2D eigenvalue weighted by Gasteiger charge is 2.15. The molecule has 0 aliphatic rings. The Hall–Kier alpha value is -4.54. The number of carbonyl (C=O) groups is 1. The molecule has 6 rings (SSSR count). The second kappa shape index (κ2) is 12.1. The van der Waals surface area contributed by atoms with Gasteiger partial charge in [0, 0.05) is 44.1 Å². The van der Waals surface area contributed by atoms with E-state index in [1.807, 2.05) is 54.9 Å². The molecule has 0 saturated carbocycles. The van der Waals surface area contributed by atoms with Gasteiger partial charge in [-0.15, -0.1) is 0 Å². The molecule has 0 bridgehead atoms. The number of H-pyrrole nitrogens is 1. The number of nitrogens with one attached hydrogen (secondary N) is 3. The highest BCUT2D eigenvalue weighted by Crippen LogP contribution is 2.37. The van der Waals surface area contributed by atoms with Gasteiger partial charge in [-0.2, -0.15) is 0 Å². The number of nitrogens with zero attached hydrogens (tertiary/aromatic N) is 4. The molecule has 208 valence electrons. The lowest BCUT2D eigenvalue weighted by Gasteiger charge is -2.15. The number of aromatic amines is 1. The van der Waals surface area contributed by atoms with Crippen LogP contribution in [0.25, 0.3) is 22.2 Å². The van der Waals surface area contributed by atoms with E-state index < -0.39 is 0 Å². The third-order valence-corrected chi connectivity index (χ3v) is 8.14. The van der Waals surface area contributed by atoms with Gasteiger partial charge in [-0.25, -0.2) is 19.9 Å². The maximum Gasteiger partial charge on any atom is 0.256 e. The summed E-state index contributed by atoms with van der Waals surface area (Å²) in [6.07, 6.45) is 7.03. The van der Waals surface area contributed by atoms with Crippen molar-refractivity contribution < 1.29 is 4.79 Å². The van der Waals surface area contributed by atoms with Crippen LogP contribution < -0.4 is 10.6 Å². The van der Waals surface area contributed by atoms with Crippen LogP contribution in [0.1, 0.15) is 35.8 Å². The molecule has 8 nitrogen and oxygen atoms in total. The Bertz CT molecular complexity index is 1860. The van der Waals surface area contributed by atoms with E-state index in [2.05, 4.69) is 84.6 Å². The van der Waals surface area contributed by atoms with Crippen LogP contribution in [-0.4, -0.2) is 30.8 Å². The van der Waals surface area contributed by atoms with Crippen LogP contribution in [0.3, 0.4) is 0 Å². The fourth-order valence-electron chi connectivity index (χ4n) is 4.35. The number of fused-ring (bicyclic) bond motifs is 1. The molecule has 0 aliphatic heterocycles. The summed E-state index contributed by atoms with van der Waals surface area (Å²) < 4.78 is 0.835. The molecule has 6 aromatic rings. The topological polar surface area (TPSA) is 108 Å². The maximum atomic E-state index is 13.2. The fraction of sp³-hybridized carbons (Fsp3) is 0.0938. The summed E-state index contributed by atoms with van der Waals surface area (Å²) in [4.78, 5) is 36.2. The van der Waals surface area contributed by atoms with Crippen molar-refractivity contribution >= 4 is 62.0 Å². The first-order chi connectivity index (χ1) is 20.4. The molecule has 4 heterocycles. The molecule has 3 N–H and O–H groups in total. The predicted molar refractivity (Wildman–Crippen MR) is 171 cm³/mol. The van der Waals surface area contributed by atoms with Gasteiger partial charge in [-0.1, -0.05) is 37.7 Å². The monoisotopic (exact) mass is 635 g/mol. The third-order valence-electron chi connectivity index (χ3n) is 6.59. The van der Waals surface area contributed by atoms with Crippen LogP contribution >= 0.6 is 27.7 Å². The fourth-order valence-corrected chi connectivity index (χ4v) is 5.46. The van der Waals surface area contributed by atoms with E-state index in [1.54, 1.807) is 24.0 Å². The molecule has 0 aliphatic carbocycles. The van der Waals surface area contributed by atoms with Crippen molar-refractivity contribution in [3.63, 3.8) is 0 Å². The Morgan fingerprint density at radius 3 is 2.52 bits per heavy atom. The van der Waals surface area contributed by atoms with Crippen LogP contribution in [0, 0.1) is 0 Å². The molecular weight excluding hydrogens is 610 g/mol. The van der Waals surface area contributed by atoms with Crippen LogP contribution in [0.2, 0.25) is 0 Å². The highest BCUT2D eigenvalue weighted by atomic mass is 79.9. The second-order valence-electron chi connectivity index (χ2n) is 9.86. The summed E-state index contributed by atoms with van der Waals surface area (Å²) in [7, 11) is 0. The average molecular weight is 637 g/mol. The Kier molecular flexibility index (Phi) is 7.98. The first-order valence-electron chi connectivity index (χ1n) is 13.3. The quantitative estimate of drug-likeness (QED) is 0.154. The minimum absolute atomic E-state index is 0.268. The smallest absolute Gasteiger partial charge is 0.256 e. The molecule has 0 saturated heterocycles. The number of hydrogen-bond donors (Lipinski definition) is 3. The number of benzene rings is 2. The lowest BCUT2D eigenvalue weighted by Crippen LogP contribution is -2.13. The Morgan fingerprint density at radius 1 is 0.929 bits per heavy atom. The normalized spacial score (nSPS) is 11.1. The summed E-state index contributed by atoms with van der Waals surface area (Å²) in [6.45, 7) is 4.20. The van der Waals surface area contributed by atoms with Gasteiger partial charge in [0.25, 0.3) is 5.91 Å². The van der Waals surface area contributed by atoms with Crippen LogP contribution in [0.15, 0.2) is 112 Å². The zero-order valence-corrected chi connectivity index (χ0v) is 25.2. The number of rotatable bonds is 8. The zero-order valence-electron chi connectivity index (χ0n) is 22.8.